The fraction of sp³-hybridized carbons (Fsp3) is 0.385. The average molecular weight is 283 g/mol. The van der Waals surface area contributed by atoms with Crippen LogP contribution < -0.4 is 5.32 Å². The minimum absolute atomic E-state index is 0.00433. The first kappa shape index (κ1) is 15.4. The summed E-state index contributed by atoms with van der Waals surface area (Å²) < 4.78 is 11.5. The van der Waals surface area contributed by atoms with Crippen LogP contribution in [0.1, 0.15) is 17.5 Å². The van der Waals surface area contributed by atoms with Gasteiger partial charge in [0.1, 0.15) is 5.75 Å². The number of aryl methyl sites for hydroxylation is 2. The number of hydrogen-bond donors (Lipinski definition) is 2. The van der Waals surface area contributed by atoms with E-state index in [-0.39, 0.29) is 23.8 Å². The van der Waals surface area contributed by atoms with Crippen molar-refractivity contribution in [3.63, 3.8) is 0 Å². The molecule has 1 amide bonds. The van der Waals surface area contributed by atoms with E-state index in [0.29, 0.717) is 5.69 Å². The summed E-state index contributed by atoms with van der Waals surface area (Å²) in [4.78, 5) is 22.0. The number of carboxylic acid groups (broad SMARTS) is 1. The van der Waals surface area contributed by atoms with E-state index in [1.807, 2.05) is 26.0 Å². The maximum Gasteiger partial charge on any atom is 0.304 e. The Labute approximate surface area is 114 Å². The summed E-state index contributed by atoms with van der Waals surface area (Å²) in [5.41, 5.74) is 2.72. The highest BCUT2D eigenvalue weighted by atomic mass is 32.2. The van der Waals surface area contributed by atoms with Crippen molar-refractivity contribution in [2.24, 2.45) is 0 Å². The molecule has 0 bridgehead atoms. The van der Waals surface area contributed by atoms with E-state index in [1.54, 1.807) is 6.07 Å². The van der Waals surface area contributed by atoms with Gasteiger partial charge in [-0.05, 0) is 25.5 Å². The van der Waals surface area contributed by atoms with Gasteiger partial charge < -0.3 is 10.4 Å². The molecule has 0 aromatic heterocycles. The van der Waals surface area contributed by atoms with Gasteiger partial charge in [-0.1, -0.05) is 17.7 Å². The fourth-order valence-electron chi connectivity index (χ4n) is 1.56. The molecule has 6 heteroatoms. The van der Waals surface area contributed by atoms with Crippen molar-refractivity contribution in [2.45, 2.75) is 20.3 Å². The van der Waals surface area contributed by atoms with Gasteiger partial charge in [-0.3, -0.25) is 13.8 Å². The Kier molecular flexibility index (Phi) is 5.69. The third-order valence-electron chi connectivity index (χ3n) is 2.49. The first-order valence-corrected chi connectivity index (χ1v) is 7.31. The molecule has 1 rings (SSSR count). The van der Waals surface area contributed by atoms with Gasteiger partial charge in [0, 0.05) is 22.2 Å². The van der Waals surface area contributed by atoms with Gasteiger partial charge in [0.25, 0.3) is 0 Å². The smallest absolute Gasteiger partial charge is 0.304 e. The number of rotatable bonds is 6. The van der Waals surface area contributed by atoms with E-state index < -0.39 is 16.8 Å². The third kappa shape index (κ3) is 5.65. The topological polar surface area (TPSA) is 83.5 Å². The highest BCUT2D eigenvalue weighted by Gasteiger charge is 2.11. The second kappa shape index (κ2) is 7.04. The highest BCUT2D eigenvalue weighted by Crippen LogP contribution is 2.15. The lowest BCUT2D eigenvalue weighted by atomic mass is 10.1. The lowest BCUT2D eigenvalue weighted by molar-refractivity contribution is -0.136. The van der Waals surface area contributed by atoms with Crippen molar-refractivity contribution in [2.75, 3.05) is 16.8 Å². The number of aliphatic carboxylic acids is 1. The first-order chi connectivity index (χ1) is 8.88. The van der Waals surface area contributed by atoms with Crippen LogP contribution in [0.15, 0.2) is 18.2 Å². The summed E-state index contributed by atoms with van der Waals surface area (Å²) in [5, 5.41) is 11.1. The summed E-state index contributed by atoms with van der Waals surface area (Å²) >= 11 is 0. The molecule has 1 unspecified atom stereocenters. The normalized spacial score (nSPS) is 11.9. The zero-order valence-electron chi connectivity index (χ0n) is 10.9. The van der Waals surface area contributed by atoms with E-state index >= 15 is 0 Å². The Morgan fingerprint density at radius 1 is 1.32 bits per heavy atom. The summed E-state index contributed by atoms with van der Waals surface area (Å²) in [6.45, 7) is 3.84. The maximum absolute atomic E-state index is 11.7. The molecule has 5 nitrogen and oxygen atoms in total. The molecular formula is C13H17NO4S. The minimum Gasteiger partial charge on any atom is -0.481 e. The third-order valence-corrected chi connectivity index (χ3v) is 3.74. The van der Waals surface area contributed by atoms with E-state index in [0.717, 1.165) is 11.1 Å². The molecule has 2 N–H and O–H groups in total. The predicted octanol–water partition coefficient (Wildman–Crippen LogP) is 1.47. The van der Waals surface area contributed by atoms with E-state index in [9.17, 15) is 13.8 Å². The molecule has 0 fully saturated rings. The number of carbonyl (C=O) groups is 2. The molecule has 1 aromatic rings. The van der Waals surface area contributed by atoms with Gasteiger partial charge >= 0.3 is 5.97 Å². The Hall–Kier alpha value is -1.69. The molecule has 19 heavy (non-hydrogen) atoms. The zero-order chi connectivity index (χ0) is 14.4. The van der Waals surface area contributed by atoms with E-state index in [2.05, 4.69) is 5.32 Å². The zero-order valence-corrected chi connectivity index (χ0v) is 11.8. The van der Waals surface area contributed by atoms with Gasteiger partial charge in [0.2, 0.25) is 5.91 Å². The average Bonchev–Trinajstić information content (AvgIpc) is 2.30. The lowest BCUT2D eigenvalue weighted by Gasteiger charge is -2.08. The second-order valence-electron chi connectivity index (χ2n) is 4.30. The SMILES string of the molecule is Cc1ccc(NC(=O)CS(=O)CCC(=O)O)c(C)c1. The number of anilines is 1. The predicted molar refractivity (Wildman–Crippen MR) is 74.7 cm³/mol. The minimum atomic E-state index is -1.45. The van der Waals surface area contributed by atoms with Crippen molar-refractivity contribution in [1.29, 1.82) is 0 Å². The summed E-state index contributed by atoms with van der Waals surface area (Å²) in [6.07, 6.45) is -0.191. The van der Waals surface area contributed by atoms with Crippen LogP contribution in [0.2, 0.25) is 0 Å². The van der Waals surface area contributed by atoms with Gasteiger partial charge in [-0.2, -0.15) is 0 Å². The van der Waals surface area contributed by atoms with Crippen molar-refractivity contribution in [1.82, 2.24) is 0 Å². The Balaban J connectivity index is 2.51. The van der Waals surface area contributed by atoms with Crippen LogP contribution in [0.4, 0.5) is 5.69 Å². The van der Waals surface area contributed by atoms with Crippen molar-refractivity contribution >= 4 is 28.4 Å². The molecule has 1 atom stereocenters. The Bertz CT molecular complexity index is 513. The molecular weight excluding hydrogens is 266 g/mol. The van der Waals surface area contributed by atoms with Crippen LogP contribution >= 0.6 is 0 Å². The second-order valence-corrected chi connectivity index (χ2v) is 5.88. The van der Waals surface area contributed by atoms with Crippen LogP contribution in [0.3, 0.4) is 0 Å². The largest absolute Gasteiger partial charge is 0.481 e. The number of benzene rings is 1. The number of hydrogen-bond acceptors (Lipinski definition) is 3. The van der Waals surface area contributed by atoms with E-state index in [4.69, 9.17) is 5.11 Å². The van der Waals surface area contributed by atoms with Gasteiger partial charge in [0.05, 0.1) is 6.42 Å². The first-order valence-electron chi connectivity index (χ1n) is 5.82. The number of carbonyl (C=O) groups excluding carboxylic acids is 1. The molecule has 0 spiro atoms. The molecule has 0 aliphatic heterocycles. The van der Waals surface area contributed by atoms with Gasteiger partial charge in [-0.15, -0.1) is 0 Å². The lowest BCUT2D eigenvalue weighted by Crippen LogP contribution is -2.22. The summed E-state index contributed by atoms with van der Waals surface area (Å²) in [5.74, 6) is -1.56. The van der Waals surface area contributed by atoms with Gasteiger partial charge in [0.15, 0.2) is 0 Å². The standard InChI is InChI=1S/C13H17NO4S/c1-9-3-4-11(10(2)7-9)14-12(15)8-19(18)6-5-13(16)17/h3-4,7H,5-6,8H2,1-2H3,(H,14,15)(H,16,17). The summed E-state index contributed by atoms with van der Waals surface area (Å²) in [6, 6.07) is 5.61. The number of nitrogens with one attached hydrogen (secondary N) is 1. The molecule has 0 saturated carbocycles. The maximum atomic E-state index is 11.7. The van der Waals surface area contributed by atoms with Crippen molar-refractivity contribution < 1.29 is 18.9 Å². The van der Waals surface area contributed by atoms with Crippen LogP contribution in [0.5, 0.6) is 0 Å². The molecule has 0 radical (unpaired) electrons. The molecule has 104 valence electrons. The van der Waals surface area contributed by atoms with Crippen molar-refractivity contribution in [3.05, 3.63) is 29.3 Å². The molecule has 0 aliphatic carbocycles. The Morgan fingerprint density at radius 2 is 2.00 bits per heavy atom. The highest BCUT2D eigenvalue weighted by molar-refractivity contribution is 7.85. The molecule has 0 saturated heterocycles. The monoisotopic (exact) mass is 283 g/mol. The van der Waals surface area contributed by atoms with E-state index in [1.165, 1.54) is 0 Å². The fourth-order valence-corrected chi connectivity index (χ4v) is 2.47. The summed E-state index contributed by atoms with van der Waals surface area (Å²) in [7, 11) is -1.45. The van der Waals surface area contributed by atoms with Crippen LogP contribution in [-0.2, 0) is 20.4 Å². The molecule has 0 heterocycles. The number of amides is 1. The van der Waals surface area contributed by atoms with Gasteiger partial charge in [-0.25, -0.2) is 0 Å². The number of carboxylic acids is 1. The molecule has 0 aliphatic rings. The van der Waals surface area contributed by atoms with Crippen LogP contribution in [0, 0.1) is 13.8 Å². The quantitative estimate of drug-likeness (QED) is 0.828. The van der Waals surface area contributed by atoms with Crippen LogP contribution in [-0.4, -0.2) is 32.7 Å². The Morgan fingerprint density at radius 3 is 2.58 bits per heavy atom. The van der Waals surface area contributed by atoms with Crippen LogP contribution in [0.25, 0.3) is 0 Å². The van der Waals surface area contributed by atoms with Crippen molar-refractivity contribution in [3.8, 4) is 0 Å². The molecule has 1 aromatic carbocycles.